The zero-order valence-corrected chi connectivity index (χ0v) is 22.8. The molecule has 0 radical (unpaired) electrons. The molecule has 1 N–H and O–H groups in total. The molecule has 0 bridgehead atoms. The SMILES string of the molecule is O=C(N/N=C/c1ccc(OC(=O)c2ccccc2I)cc1)c1ccc(OCc2ccc(Cl)cc2Cl)cc1. The van der Waals surface area contributed by atoms with Gasteiger partial charge in [-0.1, -0.05) is 41.4 Å². The highest BCUT2D eigenvalue weighted by Crippen LogP contribution is 2.23. The average Bonchev–Trinajstić information content (AvgIpc) is 2.89. The molecular formula is C28H19Cl2IN2O4. The van der Waals surface area contributed by atoms with Gasteiger partial charge in [0, 0.05) is 24.7 Å². The molecule has 0 unspecified atom stereocenters. The van der Waals surface area contributed by atoms with Crippen molar-refractivity contribution in [1.29, 1.82) is 0 Å². The fourth-order valence-corrected chi connectivity index (χ4v) is 4.21. The molecule has 0 spiro atoms. The number of nitrogens with zero attached hydrogens (tertiary/aromatic N) is 1. The third-order valence-electron chi connectivity index (χ3n) is 5.09. The fourth-order valence-electron chi connectivity index (χ4n) is 3.14. The number of hydrazone groups is 1. The Hall–Kier alpha value is -3.40. The minimum absolute atomic E-state index is 0.273. The Kier molecular flexibility index (Phi) is 9.16. The van der Waals surface area contributed by atoms with Crippen molar-refractivity contribution < 1.29 is 19.1 Å². The Labute approximate surface area is 237 Å². The number of esters is 1. The molecule has 6 nitrogen and oxygen atoms in total. The van der Waals surface area contributed by atoms with Crippen LogP contribution in [0.15, 0.2) is 96.1 Å². The third-order valence-corrected chi connectivity index (χ3v) is 6.62. The Morgan fingerprint density at radius 1 is 0.892 bits per heavy atom. The Morgan fingerprint density at radius 3 is 2.30 bits per heavy atom. The van der Waals surface area contributed by atoms with Gasteiger partial charge in [-0.15, -0.1) is 0 Å². The van der Waals surface area contributed by atoms with Crippen molar-refractivity contribution in [2.45, 2.75) is 6.61 Å². The Balaban J connectivity index is 1.27. The van der Waals surface area contributed by atoms with Crippen molar-refractivity contribution in [2.24, 2.45) is 5.10 Å². The lowest BCUT2D eigenvalue weighted by molar-refractivity contribution is 0.0733. The first kappa shape index (κ1) is 26.7. The van der Waals surface area contributed by atoms with Crippen molar-refractivity contribution >= 4 is 63.9 Å². The number of benzene rings is 4. The van der Waals surface area contributed by atoms with Crippen LogP contribution in [-0.4, -0.2) is 18.1 Å². The highest BCUT2D eigenvalue weighted by molar-refractivity contribution is 14.1. The van der Waals surface area contributed by atoms with Crippen LogP contribution in [0.4, 0.5) is 0 Å². The van der Waals surface area contributed by atoms with Crippen molar-refractivity contribution in [3.8, 4) is 11.5 Å². The largest absolute Gasteiger partial charge is 0.489 e. The molecule has 0 atom stereocenters. The molecule has 0 saturated heterocycles. The van der Waals surface area contributed by atoms with Gasteiger partial charge in [-0.2, -0.15) is 5.10 Å². The molecule has 4 aromatic carbocycles. The molecule has 0 aliphatic carbocycles. The number of nitrogens with one attached hydrogen (secondary N) is 1. The number of rotatable bonds is 8. The summed E-state index contributed by atoms with van der Waals surface area (Å²) in [6.45, 7) is 0.273. The lowest BCUT2D eigenvalue weighted by Crippen LogP contribution is -2.17. The molecule has 9 heteroatoms. The van der Waals surface area contributed by atoms with Gasteiger partial charge in [-0.3, -0.25) is 4.79 Å². The van der Waals surface area contributed by atoms with Crippen LogP contribution < -0.4 is 14.9 Å². The summed E-state index contributed by atoms with van der Waals surface area (Å²) < 4.78 is 12.0. The molecule has 0 fully saturated rings. The first-order valence-electron chi connectivity index (χ1n) is 11.0. The summed E-state index contributed by atoms with van der Waals surface area (Å²) in [6.07, 6.45) is 1.50. The average molecular weight is 645 g/mol. The van der Waals surface area contributed by atoms with Gasteiger partial charge in [0.15, 0.2) is 0 Å². The van der Waals surface area contributed by atoms with Crippen LogP contribution in [0.25, 0.3) is 0 Å². The summed E-state index contributed by atoms with van der Waals surface area (Å²) in [5, 5.41) is 5.08. The second kappa shape index (κ2) is 12.7. The second-order valence-corrected chi connectivity index (χ2v) is 9.69. The van der Waals surface area contributed by atoms with Crippen LogP contribution in [0.5, 0.6) is 11.5 Å². The minimum atomic E-state index is -0.427. The van der Waals surface area contributed by atoms with E-state index in [9.17, 15) is 9.59 Å². The molecule has 4 aromatic rings. The van der Waals surface area contributed by atoms with Gasteiger partial charge >= 0.3 is 5.97 Å². The third kappa shape index (κ3) is 7.55. The summed E-state index contributed by atoms with van der Waals surface area (Å²) in [6, 6.07) is 25.8. The first-order chi connectivity index (χ1) is 17.9. The van der Waals surface area contributed by atoms with Gasteiger partial charge in [-0.25, -0.2) is 10.2 Å². The summed E-state index contributed by atoms with van der Waals surface area (Å²) in [4.78, 5) is 24.7. The first-order valence-corrected chi connectivity index (χ1v) is 12.8. The van der Waals surface area contributed by atoms with Crippen LogP contribution in [0, 0.1) is 3.57 Å². The molecule has 0 heterocycles. The maximum absolute atomic E-state index is 12.4. The minimum Gasteiger partial charge on any atom is -0.489 e. The number of carbonyl (C=O) groups is 2. The summed E-state index contributed by atoms with van der Waals surface area (Å²) in [5.41, 5.74) is 4.94. The zero-order valence-electron chi connectivity index (χ0n) is 19.2. The van der Waals surface area contributed by atoms with Gasteiger partial charge in [0.25, 0.3) is 5.91 Å². The number of ether oxygens (including phenoxy) is 2. The molecule has 0 aromatic heterocycles. The van der Waals surface area contributed by atoms with E-state index in [1.54, 1.807) is 78.9 Å². The molecule has 0 aliphatic rings. The highest BCUT2D eigenvalue weighted by atomic mass is 127. The van der Waals surface area contributed by atoms with Crippen LogP contribution in [-0.2, 0) is 6.61 Å². The van der Waals surface area contributed by atoms with Crippen molar-refractivity contribution in [1.82, 2.24) is 5.43 Å². The fraction of sp³-hybridized carbons (Fsp3) is 0.0357. The van der Waals surface area contributed by atoms with Crippen LogP contribution in [0.2, 0.25) is 10.0 Å². The van der Waals surface area contributed by atoms with Crippen molar-refractivity contribution in [2.75, 3.05) is 0 Å². The topological polar surface area (TPSA) is 77.0 Å². The van der Waals surface area contributed by atoms with Gasteiger partial charge in [0.1, 0.15) is 18.1 Å². The van der Waals surface area contributed by atoms with E-state index in [0.29, 0.717) is 32.7 Å². The van der Waals surface area contributed by atoms with E-state index < -0.39 is 5.97 Å². The quantitative estimate of drug-likeness (QED) is 0.0726. The number of amides is 1. The van der Waals surface area contributed by atoms with E-state index in [1.807, 2.05) is 12.1 Å². The molecule has 186 valence electrons. The molecule has 1 amide bonds. The van der Waals surface area contributed by atoms with E-state index >= 15 is 0 Å². The predicted molar refractivity (Wildman–Crippen MR) is 153 cm³/mol. The Bertz CT molecular complexity index is 1440. The molecule has 0 aliphatic heterocycles. The van der Waals surface area contributed by atoms with E-state index in [0.717, 1.165) is 14.7 Å². The lowest BCUT2D eigenvalue weighted by Gasteiger charge is -2.08. The van der Waals surface area contributed by atoms with Gasteiger partial charge in [0.05, 0.1) is 11.8 Å². The normalized spacial score (nSPS) is 10.8. The number of carbonyl (C=O) groups excluding carboxylic acids is 2. The van der Waals surface area contributed by atoms with Crippen LogP contribution >= 0.6 is 45.8 Å². The lowest BCUT2D eigenvalue weighted by atomic mass is 10.2. The van der Waals surface area contributed by atoms with Gasteiger partial charge in [0.2, 0.25) is 0 Å². The summed E-state index contributed by atoms with van der Waals surface area (Å²) in [5.74, 6) is 0.204. The smallest absolute Gasteiger partial charge is 0.344 e. The standard InChI is InChI=1S/C28H19Cl2IN2O4/c29-21-10-7-20(25(30)15-21)17-36-22-13-8-19(9-14-22)27(34)33-32-16-18-5-11-23(12-6-18)37-28(35)24-3-1-2-4-26(24)31/h1-16H,17H2,(H,33,34)/b32-16+. The van der Waals surface area contributed by atoms with Crippen LogP contribution in [0.3, 0.4) is 0 Å². The second-order valence-electron chi connectivity index (χ2n) is 7.69. The predicted octanol–water partition coefficient (Wildman–Crippen LogP) is 7.16. The van der Waals surface area contributed by atoms with E-state index in [4.69, 9.17) is 32.7 Å². The summed E-state index contributed by atoms with van der Waals surface area (Å²) >= 11 is 14.2. The van der Waals surface area contributed by atoms with Gasteiger partial charge in [-0.05, 0) is 101 Å². The maximum Gasteiger partial charge on any atom is 0.344 e. The number of halogens is 3. The monoisotopic (exact) mass is 644 g/mol. The highest BCUT2D eigenvalue weighted by Gasteiger charge is 2.11. The van der Waals surface area contributed by atoms with Crippen LogP contribution in [0.1, 0.15) is 31.8 Å². The van der Waals surface area contributed by atoms with E-state index in [2.05, 4.69) is 33.1 Å². The molecule has 0 saturated carbocycles. The van der Waals surface area contributed by atoms with Crippen molar-refractivity contribution in [3.63, 3.8) is 0 Å². The van der Waals surface area contributed by atoms with Crippen molar-refractivity contribution in [3.05, 3.63) is 127 Å². The molecule has 4 rings (SSSR count). The number of hydrogen-bond acceptors (Lipinski definition) is 5. The van der Waals surface area contributed by atoms with E-state index in [1.165, 1.54) is 6.21 Å². The van der Waals surface area contributed by atoms with Gasteiger partial charge < -0.3 is 9.47 Å². The number of hydrogen-bond donors (Lipinski definition) is 1. The molecular weight excluding hydrogens is 626 g/mol. The maximum atomic E-state index is 12.4. The zero-order chi connectivity index (χ0) is 26.2. The van der Waals surface area contributed by atoms with E-state index in [-0.39, 0.29) is 12.5 Å². The molecule has 37 heavy (non-hydrogen) atoms. The Morgan fingerprint density at radius 2 is 1.59 bits per heavy atom. The summed E-state index contributed by atoms with van der Waals surface area (Å²) in [7, 11) is 0.